The topological polar surface area (TPSA) is 71.4 Å². The van der Waals surface area contributed by atoms with Gasteiger partial charge in [-0.25, -0.2) is 0 Å². The van der Waals surface area contributed by atoms with E-state index in [1.54, 1.807) is 6.08 Å². The van der Waals surface area contributed by atoms with Crippen molar-refractivity contribution < 1.29 is 19.5 Å². The second-order valence-electron chi connectivity index (χ2n) is 8.82. The maximum atomic E-state index is 12.8. The molecule has 0 bridgehead atoms. The van der Waals surface area contributed by atoms with Crippen molar-refractivity contribution in [3.63, 3.8) is 0 Å². The average Bonchev–Trinajstić information content (AvgIpc) is 2.93. The number of ketones is 3. The Morgan fingerprint density at radius 2 is 1.96 bits per heavy atom. The van der Waals surface area contributed by atoms with E-state index in [9.17, 15) is 19.5 Å². The highest BCUT2D eigenvalue weighted by atomic mass is 16.3. The molecule has 0 amide bonds. The largest absolute Gasteiger partial charge is 0.389 e. The minimum atomic E-state index is -0.562. The van der Waals surface area contributed by atoms with Gasteiger partial charge in [-0.2, -0.15) is 0 Å². The number of Topliss-reactive ketones (excluding diaryl/α,β-unsaturated/α-hetero) is 2. The van der Waals surface area contributed by atoms with Crippen molar-refractivity contribution in [2.45, 2.75) is 46.0 Å². The highest BCUT2D eigenvalue weighted by Crippen LogP contribution is 2.64. The summed E-state index contributed by atoms with van der Waals surface area (Å²) in [5.41, 5.74) is 0.226. The highest BCUT2D eigenvalue weighted by Gasteiger charge is 2.60. The van der Waals surface area contributed by atoms with Gasteiger partial charge in [0.15, 0.2) is 17.3 Å². The molecule has 0 heterocycles. The molecular weight excluding hydrogens is 316 g/mol. The number of aliphatic hydroxyl groups excluding tert-OH is 1. The number of carbonyl (C=O) groups excluding carboxylic acids is 3. The standard InChI is InChI=1S/C21H26O4/c1-20-8-7-16-14(15(20)5-6-17(20)18(24)11-22)4-3-12-9-13(23)10-19(25)21(12,16)2/h3-4,9,14-17,22H,5-8,10-11H2,1-2H3/t14-,15-,16-,17+,20-,21-/m0/s1. The first kappa shape index (κ1) is 16.9. The Kier molecular flexibility index (Phi) is 3.70. The van der Waals surface area contributed by atoms with Crippen LogP contribution in [-0.2, 0) is 14.4 Å². The summed E-state index contributed by atoms with van der Waals surface area (Å²) in [7, 11) is 0. The lowest BCUT2D eigenvalue weighted by molar-refractivity contribution is -0.139. The van der Waals surface area contributed by atoms with E-state index < -0.39 is 5.41 Å². The molecule has 0 aromatic rings. The summed E-state index contributed by atoms with van der Waals surface area (Å²) in [5, 5.41) is 9.34. The van der Waals surface area contributed by atoms with Gasteiger partial charge in [-0.1, -0.05) is 19.1 Å². The van der Waals surface area contributed by atoms with Gasteiger partial charge < -0.3 is 5.11 Å². The van der Waals surface area contributed by atoms with Crippen LogP contribution in [0.4, 0.5) is 0 Å². The van der Waals surface area contributed by atoms with Crippen LogP contribution in [0.15, 0.2) is 23.8 Å². The van der Waals surface area contributed by atoms with Crippen molar-refractivity contribution in [2.75, 3.05) is 6.61 Å². The molecule has 2 saturated carbocycles. The molecular formula is C21H26O4. The molecule has 4 aliphatic rings. The maximum Gasteiger partial charge on any atom is 0.163 e. The van der Waals surface area contributed by atoms with Crippen LogP contribution < -0.4 is 0 Å². The van der Waals surface area contributed by atoms with Crippen LogP contribution in [0.1, 0.15) is 46.0 Å². The number of hydrogen-bond acceptors (Lipinski definition) is 4. The summed E-state index contributed by atoms with van der Waals surface area (Å²) in [4.78, 5) is 36.9. The van der Waals surface area contributed by atoms with Crippen LogP contribution in [0.2, 0.25) is 0 Å². The lowest BCUT2D eigenvalue weighted by atomic mass is 9.48. The second kappa shape index (κ2) is 5.47. The van der Waals surface area contributed by atoms with Crippen LogP contribution in [0.25, 0.3) is 0 Å². The summed E-state index contributed by atoms with van der Waals surface area (Å²) >= 11 is 0. The lowest BCUT2D eigenvalue weighted by Crippen LogP contribution is -2.52. The third-order valence-electron chi connectivity index (χ3n) is 7.95. The lowest BCUT2D eigenvalue weighted by Gasteiger charge is -2.55. The smallest absolute Gasteiger partial charge is 0.163 e. The normalized spacial score (nSPS) is 45.5. The molecule has 0 aliphatic heterocycles. The predicted molar refractivity (Wildman–Crippen MR) is 92.6 cm³/mol. The van der Waals surface area contributed by atoms with Gasteiger partial charge in [-0.15, -0.1) is 0 Å². The van der Waals surface area contributed by atoms with Crippen molar-refractivity contribution in [1.82, 2.24) is 0 Å². The maximum absolute atomic E-state index is 12.8. The monoisotopic (exact) mass is 342 g/mol. The third kappa shape index (κ3) is 2.13. The number of rotatable bonds is 2. The summed E-state index contributed by atoms with van der Waals surface area (Å²) in [6.45, 7) is 3.84. The molecule has 0 radical (unpaired) electrons. The van der Waals surface area contributed by atoms with Gasteiger partial charge in [-0.3, -0.25) is 14.4 Å². The highest BCUT2D eigenvalue weighted by molar-refractivity contribution is 6.11. The molecule has 0 unspecified atom stereocenters. The SMILES string of the molecule is C[C@]12C(=O)CC(=O)C=C1C=C[C@@H]1[C@@H]2CC[C@]2(C)[C@@H](C(=O)CO)CC[C@@H]12. The molecule has 4 aliphatic carbocycles. The number of carbonyl (C=O) groups is 3. The van der Waals surface area contributed by atoms with Crippen LogP contribution >= 0.6 is 0 Å². The molecule has 0 aromatic heterocycles. The van der Waals surface area contributed by atoms with Gasteiger partial charge >= 0.3 is 0 Å². The van der Waals surface area contributed by atoms with E-state index in [2.05, 4.69) is 13.0 Å². The van der Waals surface area contributed by atoms with Gasteiger partial charge in [-0.05, 0) is 67.4 Å². The molecule has 1 N–H and O–H groups in total. The van der Waals surface area contributed by atoms with Gasteiger partial charge in [0.25, 0.3) is 0 Å². The molecule has 0 aromatic carbocycles. The van der Waals surface area contributed by atoms with Crippen molar-refractivity contribution in [2.24, 2.45) is 34.5 Å². The quantitative estimate of drug-likeness (QED) is 0.783. The van der Waals surface area contributed by atoms with E-state index in [0.29, 0.717) is 5.92 Å². The number of allylic oxidation sites excluding steroid dienone is 4. The fourth-order valence-corrected chi connectivity index (χ4v) is 6.51. The Bertz CT molecular complexity index is 717. The van der Waals surface area contributed by atoms with Crippen molar-refractivity contribution in [3.8, 4) is 0 Å². The summed E-state index contributed by atoms with van der Waals surface area (Å²) in [6.07, 6.45) is 9.47. The molecule has 4 heteroatoms. The van der Waals surface area contributed by atoms with Gasteiger partial charge in [0.05, 0.1) is 11.8 Å². The first-order valence-corrected chi connectivity index (χ1v) is 9.42. The zero-order chi connectivity index (χ0) is 18.0. The molecule has 4 rings (SSSR count). The Labute approximate surface area is 148 Å². The number of hydrogen-bond donors (Lipinski definition) is 1. The van der Waals surface area contributed by atoms with Crippen LogP contribution in [-0.4, -0.2) is 29.1 Å². The van der Waals surface area contributed by atoms with E-state index in [4.69, 9.17) is 0 Å². The Morgan fingerprint density at radius 3 is 2.68 bits per heavy atom. The minimum Gasteiger partial charge on any atom is -0.389 e. The first-order valence-electron chi connectivity index (χ1n) is 9.42. The van der Waals surface area contributed by atoms with Crippen molar-refractivity contribution in [1.29, 1.82) is 0 Å². The number of aliphatic hydroxyl groups is 1. The van der Waals surface area contributed by atoms with Crippen molar-refractivity contribution in [3.05, 3.63) is 23.8 Å². The first-order chi connectivity index (χ1) is 11.8. The molecule has 2 fully saturated rings. The van der Waals surface area contributed by atoms with Crippen LogP contribution in [0.5, 0.6) is 0 Å². The van der Waals surface area contributed by atoms with E-state index in [1.807, 2.05) is 13.0 Å². The average molecular weight is 342 g/mol. The molecule has 0 spiro atoms. The van der Waals surface area contributed by atoms with Gasteiger partial charge in [0, 0.05) is 5.92 Å². The summed E-state index contributed by atoms with van der Waals surface area (Å²) in [5.74, 6) is 0.723. The number of fused-ring (bicyclic) bond motifs is 5. The van der Waals surface area contributed by atoms with Crippen LogP contribution in [0.3, 0.4) is 0 Å². The van der Waals surface area contributed by atoms with Crippen molar-refractivity contribution >= 4 is 17.3 Å². The Morgan fingerprint density at radius 1 is 1.20 bits per heavy atom. The molecule has 0 saturated heterocycles. The molecule has 25 heavy (non-hydrogen) atoms. The van der Waals surface area contributed by atoms with Gasteiger partial charge in [0.2, 0.25) is 0 Å². The fourth-order valence-electron chi connectivity index (χ4n) is 6.51. The molecule has 4 nitrogen and oxygen atoms in total. The minimum absolute atomic E-state index is 0.0185. The fraction of sp³-hybridized carbons (Fsp3) is 0.667. The van der Waals surface area contributed by atoms with Crippen LogP contribution in [0, 0.1) is 34.5 Å². The Balaban J connectivity index is 1.73. The Hall–Kier alpha value is -1.55. The van der Waals surface area contributed by atoms with E-state index in [1.165, 1.54) is 0 Å². The summed E-state index contributed by atoms with van der Waals surface area (Å²) in [6, 6.07) is 0. The zero-order valence-corrected chi connectivity index (χ0v) is 15.0. The molecule has 134 valence electrons. The van der Waals surface area contributed by atoms with E-state index >= 15 is 0 Å². The van der Waals surface area contributed by atoms with Gasteiger partial charge in [0.1, 0.15) is 6.61 Å². The second-order valence-corrected chi connectivity index (χ2v) is 8.82. The van der Waals surface area contributed by atoms with E-state index in [0.717, 1.165) is 31.3 Å². The van der Waals surface area contributed by atoms with E-state index in [-0.39, 0.29) is 53.5 Å². The summed E-state index contributed by atoms with van der Waals surface area (Å²) < 4.78 is 0. The zero-order valence-electron chi connectivity index (χ0n) is 15.0. The predicted octanol–water partition coefficient (Wildman–Crippen LogP) is 2.65. The molecule has 6 atom stereocenters. The third-order valence-corrected chi connectivity index (χ3v) is 7.95.